The molecule has 1 heterocycles. The van der Waals surface area contributed by atoms with Crippen LogP contribution in [0.4, 0.5) is 0 Å². The van der Waals surface area contributed by atoms with E-state index in [1.54, 1.807) is 12.1 Å². The molecule has 2 aromatic rings. The van der Waals surface area contributed by atoms with E-state index in [4.69, 9.17) is 21.1 Å². The molecule has 0 aromatic heterocycles. The molecule has 0 spiro atoms. The number of carbonyl (C=O) groups is 1. The fourth-order valence-corrected chi connectivity index (χ4v) is 2.67. The zero-order valence-electron chi connectivity index (χ0n) is 11.7. The molecule has 1 aliphatic heterocycles. The highest BCUT2D eigenvalue weighted by Crippen LogP contribution is 2.36. The first-order valence-electron chi connectivity index (χ1n) is 6.92. The Balaban J connectivity index is 2.05. The number of aryl methyl sites for hydroxylation is 1. The quantitative estimate of drug-likeness (QED) is 0.807. The SMILES string of the molecule is CCc1ccccc1C(=O)c1cc2c(cc1Cl)OCCO2. The average molecular weight is 303 g/mol. The van der Waals surface area contributed by atoms with E-state index in [-0.39, 0.29) is 5.78 Å². The summed E-state index contributed by atoms with van der Waals surface area (Å²) in [6, 6.07) is 10.9. The molecule has 0 unspecified atom stereocenters. The zero-order valence-corrected chi connectivity index (χ0v) is 12.4. The maximum Gasteiger partial charge on any atom is 0.194 e. The van der Waals surface area contributed by atoms with Crippen LogP contribution >= 0.6 is 11.6 Å². The van der Waals surface area contributed by atoms with Crippen LogP contribution < -0.4 is 9.47 Å². The number of hydrogen-bond acceptors (Lipinski definition) is 3. The van der Waals surface area contributed by atoms with Gasteiger partial charge in [0.05, 0.1) is 5.02 Å². The molecule has 0 atom stereocenters. The fourth-order valence-electron chi connectivity index (χ4n) is 2.43. The lowest BCUT2D eigenvalue weighted by molar-refractivity contribution is 0.103. The summed E-state index contributed by atoms with van der Waals surface area (Å²) in [5.74, 6) is 1.07. The van der Waals surface area contributed by atoms with Crippen LogP contribution in [0.25, 0.3) is 0 Å². The normalized spacial score (nSPS) is 13.0. The molecule has 1 aliphatic rings. The van der Waals surface area contributed by atoms with E-state index in [0.29, 0.717) is 40.9 Å². The molecule has 0 saturated carbocycles. The van der Waals surface area contributed by atoms with Gasteiger partial charge < -0.3 is 9.47 Å². The van der Waals surface area contributed by atoms with E-state index in [2.05, 4.69) is 0 Å². The third-order valence-corrected chi connectivity index (χ3v) is 3.83. The minimum absolute atomic E-state index is 0.0885. The van der Waals surface area contributed by atoms with E-state index in [1.807, 2.05) is 31.2 Å². The molecule has 0 radical (unpaired) electrons. The Morgan fingerprint density at radius 3 is 2.48 bits per heavy atom. The summed E-state index contributed by atoms with van der Waals surface area (Å²) in [6.45, 7) is 3.00. The summed E-state index contributed by atoms with van der Waals surface area (Å²) in [5.41, 5.74) is 2.13. The first-order valence-corrected chi connectivity index (χ1v) is 7.30. The van der Waals surface area contributed by atoms with Gasteiger partial charge in [-0.2, -0.15) is 0 Å². The molecule has 21 heavy (non-hydrogen) atoms. The summed E-state index contributed by atoms with van der Waals surface area (Å²) in [5, 5.41) is 0.384. The molecule has 2 aromatic carbocycles. The average Bonchev–Trinajstić information content (AvgIpc) is 2.53. The Morgan fingerprint density at radius 2 is 1.76 bits per heavy atom. The number of halogens is 1. The molecular weight excluding hydrogens is 288 g/mol. The van der Waals surface area contributed by atoms with Gasteiger partial charge in [0.1, 0.15) is 13.2 Å². The predicted molar refractivity (Wildman–Crippen MR) is 81.7 cm³/mol. The van der Waals surface area contributed by atoms with Gasteiger partial charge in [0, 0.05) is 17.2 Å². The number of carbonyl (C=O) groups excluding carboxylic acids is 1. The summed E-state index contributed by atoms with van der Waals surface area (Å²) in [6.07, 6.45) is 0.796. The van der Waals surface area contributed by atoms with Crippen LogP contribution in [0.15, 0.2) is 36.4 Å². The van der Waals surface area contributed by atoms with Crippen LogP contribution in [0.2, 0.25) is 5.02 Å². The van der Waals surface area contributed by atoms with Crippen molar-refractivity contribution in [3.8, 4) is 11.5 Å². The molecule has 0 N–H and O–H groups in total. The molecule has 0 bridgehead atoms. The summed E-state index contributed by atoms with van der Waals surface area (Å²) >= 11 is 6.25. The van der Waals surface area contributed by atoms with Crippen molar-refractivity contribution in [3.63, 3.8) is 0 Å². The lowest BCUT2D eigenvalue weighted by Gasteiger charge is -2.19. The molecular formula is C17H15ClO3. The fraction of sp³-hybridized carbons (Fsp3) is 0.235. The molecule has 0 aliphatic carbocycles. The van der Waals surface area contributed by atoms with Gasteiger partial charge in [-0.3, -0.25) is 4.79 Å². The van der Waals surface area contributed by atoms with E-state index in [1.165, 1.54) is 0 Å². The molecule has 0 amide bonds. The molecule has 3 rings (SSSR count). The van der Waals surface area contributed by atoms with E-state index in [9.17, 15) is 4.79 Å². The number of benzene rings is 2. The summed E-state index contributed by atoms with van der Waals surface area (Å²) in [4.78, 5) is 12.8. The van der Waals surface area contributed by atoms with Gasteiger partial charge in [-0.05, 0) is 18.1 Å². The Hall–Kier alpha value is -2.00. The van der Waals surface area contributed by atoms with Crippen molar-refractivity contribution in [2.75, 3.05) is 13.2 Å². The van der Waals surface area contributed by atoms with Crippen molar-refractivity contribution in [1.82, 2.24) is 0 Å². The lowest BCUT2D eigenvalue weighted by atomic mass is 9.96. The number of hydrogen-bond donors (Lipinski definition) is 0. The highest BCUT2D eigenvalue weighted by molar-refractivity contribution is 6.35. The Labute approximate surface area is 128 Å². The molecule has 3 nitrogen and oxygen atoms in total. The Kier molecular flexibility index (Phi) is 3.84. The van der Waals surface area contributed by atoms with Gasteiger partial charge in [-0.1, -0.05) is 42.8 Å². The monoisotopic (exact) mass is 302 g/mol. The largest absolute Gasteiger partial charge is 0.486 e. The van der Waals surface area contributed by atoms with Crippen LogP contribution in [0, 0.1) is 0 Å². The predicted octanol–water partition coefficient (Wildman–Crippen LogP) is 3.90. The first kappa shape index (κ1) is 14.0. The molecule has 0 fully saturated rings. The third kappa shape index (κ3) is 2.61. The summed E-state index contributed by atoms with van der Waals surface area (Å²) in [7, 11) is 0. The second-order valence-corrected chi connectivity index (χ2v) is 5.22. The van der Waals surface area contributed by atoms with Crippen molar-refractivity contribution in [3.05, 3.63) is 58.1 Å². The lowest BCUT2D eigenvalue weighted by Crippen LogP contribution is -2.16. The van der Waals surface area contributed by atoms with E-state index < -0.39 is 0 Å². The topological polar surface area (TPSA) is 35.5 Å². The highest BCUT2D eigenvalue weighted by atomic mass is 35.5. The number of rotatable bonds is 3. The standard InChI is InChI=1S/C17H15ClO3/c1-2-11-5-3-4-6-12(11)17(19)13-9-15-16(10-14(13)18)21-8-7-20-15/h3-6,9-10H,2,7-8H2,1H3. The minimum atomic E-state index is -0.0885. The van der Waals surface area contributed by atoms with Crippen molar-refractivity contribution in [2.24, 2.45) is 0 Å². The van der Waals surface area contributed by atoms with Crippen molar-refractivity contribution >= 4 is 17.4 Å². The number of ketones is 1. The van der Waals surface area contributed by atoms with Crippen LogP contribution in [0.5, 0.6) is 11.5 Å². The number of fused-ring (bicyclic) bond motifs is 1. The van der Waals surface area contributed by atoms with E-state index >= 15 is 0 Å². The van der Waals surface area contributed by atoms with Gasteiger partial charge in [0.2, 0.25) is 0 Å². The Bertz CT molecular complexity index is 694. The highest BCUT2D eigenvalue weighted by Gasteiger charge is 2.21. The second-order valence-electron chi connectivity index (χ2n) is 4.82. The molecule has 0 saturated heterocycles. The molecule has 108 valence electrons. The number of ether oxygens (including phenoxy) is 2. The van der Waals surface area contributed by atoms with Crippen molar-refractivity contribution < 1.29 is 14.3 Å². The van der Waals surface area contributed by atoms with Crippen LogP contribution in [0.3, 0.4) is 0 Å². The molecule has 4 heteroatoms. The van der Waals surface area contributed by atoms with Crippen molar-refractivity contribution in [1.29, 1.82) is 0 Å². The maximum atomic E-state index is 12.8. The maximum absolute atomic E-state index is 12.8. The van der Waals surface area contributed by atoms with E-state index in [0.717, 1.165) is 12.0 Å². The Morgan fingerprint density at radius 1 is 1.10 bits per heavy atom. The summed E-state index contributed by atoms with van der Waals surface area (Å²) < 4.78 is 11.0. The zero-order chi connectivity index (χ0) is 14.8. The third-order valence-electron chi connectivity index (χ3n) is 3.52. The van der Waals surface area contributed by atoms with Gasteiger partial charge >= 0.3 is 0 Å². The second kappa shape index (κ2) is 5.78. The van der Waals surface area contributed by atoms with Gasteiger partial charge in [-0.25, -0.2) is 0 Å². The van der Waals surface area contributed by atoms with Crippen LogP contribution in [0.1, 0.15) is 28.4 Å². The van der Waals surface area contributed by atoms with Gasteiger partial charge in [0.25, 0.3) is 0 Å². The van der Waals surface area contributed by atoms with Gasteiger partial charge in [0.15, 0.2) is 17.3 Å². The smallest absolute Gasteiger partial charge is 0.194 e. The van der Waals surface area contributed by atoms with Crippen molar-refractivity contribution in [2.45, 2.75) is 13.3 Å². The van der Waals surface area contributed by atoms with Crippen LogP contribution in [-0.2, 0) is 6.42 Å². The minimum Gasteiger partial charge on any atom is -0.486 e. The first-order chi connectivity index (χ1) is 10.2. The van der Waals surface area contributed by atoms with Crippen LogP contribution in [-0.4, -0.2) is 19.0 Å². The van der Waals surface area contributed by atoms with Gasteiger partial charge in [-0.15, -0.1) is 0 Å².